The Morgan fingerprint density at radius 2 is 1.67 bits per heavy atom. The summed E-state index contributed by atoms with van der Waals surface area (Å²) in [6.07, 6.45) is 1.83. The van der Waals surface area contributed by atoms with Crippen LogP contribution in [0.25, 0.3) is 28.1 Å². The smallest absolute Gasteiger partial charge is 0.168 e. The molecule has 0 aliphatic rings. The number of nitrogens with zero attached hydrogens (tertiary/aromatic N) is 5. The number of fused-ring (bicyclic) bond motifs is 1. The van der Waals surface area contributed by atoms with Crippen molar-refractivity contribution in [2.24, 2.45) is 7.05 Å². The van der Waals surface area contributed by atoms with E-state index in [-0.39, 0.29) is 0 Å². The molecule has 5 nitrogen and oxygen atoms in total. The van der Waals surface area contributed by atoms with Crippen molar-refractivity contribution >= 4 is 11.0 Å². The van der Waals surface area contributed by atoms with Gasteiger partial charge in [-0.2, -0.15) is 0 Å². The minimum absolute atomic E-state index is 0.845. The molecule has 0 fully saturated rings. The van der Waals surface area contributed by atoms with Crippen LogP contribution in [0.4, 0.5) is 0 Å². The van der Waals surface area contributed by atoms with Crippen molar-refractivity contribution in [1.29, 1.82) is 0 Å². The van der Waals surface area contributed by atoms with Crippen LogP contribution in [0.2, 0.25) is 0 Å². The summed E-state index contributed by atoms with van der Waals surface area (Å²) in [6, 6.07) is 12.5. The Kier molecular flexibility index (Phi) is 3.23. The van der Waals surface area contributed by atoms with Crippen LogP contribution >= 0.6 is 0 Å². The Morgan fingerprint density at radius 1 is 0.917 bits per heavy atom. The van der Waals surface area contributed by atoms with E-state index in [0.29, 0.717) is 0 Å². The van der Waals surface area contributed by atoms with E-state index in [9.17, 15) is 0 Å². The van der Waals surface area contributed by atoms with Gasteiger partial charge in [-0.1, -0.05) is 18.2 Å². The third-order valence-electron chi connectivity index (χ3n) is 4.47. The lowest BCUT2D eigenvalue weighted by molar-refractivity contribution is 0.947. The van der Waals surface area contributed by atoms with Crippen molar-refractivity contribution < 1.29 is 0 Å². The number of hydrogen-bond acceptors (Lipinski definition) is 3. The second kappa shape index (κ2) is 5.30. The first kappa shape index (κ1) is 14.6. The Labute approximate surface area is 140 Å². The zero-order chi connectivity index (χ0) is 16.8. The molecule has 0 bridgehead atoms. The summed E-state index contributed by atoms with van der Waals surface area (Å²) < 4.78 is 4.15. The molecule has 4 aromatic rings. The van der Waals surface area contributed by atoms with E-state index < -0.39 is 0 Å². The molecule has 0 unspecified atom stereocenters. The Morgan fingerprint density at radius 3 is 2.42 bits per heavy atom. The average molecular weight is 317 g/mol. The van der Waals surface area contributed by atoms with E-state index in [1.165, 1.54) is 11.1 Å². The average Bonchev–Trinajstić information content (AvgIpc) is 3.11. The summed E-state index contributed by atoms with van der Waals surface area (Å²) in [5.74, 6) is 1.72. The molecule has 0 aliphatic carbocycles. The maximum absolute atomic E-state index is 4.45. The van der Waals surface area contributed by atoms with E-state index in [4.69, 9.17) is 0 Å². The molecule has 0 spiro atoms. The van der Waals surface area contributed by atoms with Gasteiger partial charge in [0.15, 0.2) is 5.82 Å². The van der Waals surface area contributed by atoms with Gasteiger partial charge in [0.1, 0.15) is 5.82 Å². The minimum Gasteiger partial charge on any atom is -0.334 e. The summed E-state index contributed by atoms with van der Waals surface area (Å²) in [6.45, 7) is 6.22. The second-order valence-electron chi connectivity index (χ2n) is 6.21. The fraction of sp³-hybridized carbons (Fsp3) is 0.211. The highest BCUT2D eigenvalue weighted by molar-refractivity contribution is 5.81. The molecule has 0 amide bonds. The maximum atomic E-state index is 4.45. The molecule has 2 heterocycles. The quantitative estimate of drug-likeness (QED) is 0.566. The number of aromatic nitrogens is 5. The van der Waals surface area contributed by atoms with Crippen LogP contribution in [0.15, 0.2) is 42.7 Å². The van der Waals surface area contributed by atoms with Crippen LogP contribution in [0.5, 0.6) is 0 Å². The third-order valence-corrected chi connectivity index (χ3v) is 4.47. The molecule has 24 heavy (non-hydrogen) atoms. The van der Waals surface area contributed by atoms with Gasteiger partial charge in [0.05, 0.1) is 23.0 Å². The molecule has 0 aliphatic heterocycles. The van der Waals surface area contributed by atoms with Crippen LogP contribution in [0.1, 0.15) is 17.0 Å². The Bertz CT molecular complexity index is 1030. The zero-order valence-electron chi connectivity index (χ0n) is 14.3. The fourth-order valence-electron chi connectivity index (χ4n) is 3.25. The molecular formula is C19H19N5. The zero-order valence-corrected chi connectivity index (χ0v) is 14.3. The first-order chi connectivity index (χ1) is 11.6. The molecule has 0 saturated carbocycles. The van der Waals surface area contributed by atoms with Gasteiger partial charge in [0, 0.05) is 12.6 Å². The van der Waals surface area contributed by atoms with Crippen LogP contribution in [-0.2, 0) is 7.05 Å². The third kappa shape index (κ3) is 2.12. The first-order valence-electron chi connectivity index (χ1n) is 7.96. The van der Waals surface area contributed by atoms with Crippen LogP contribution in [0, 0.1) is 20.8 Å². The summed E-state index contributed by atoms with van der Waals surface area (Å²) in [5, 5.41) is 8.76. The van der Waals surface area contributed by atoms with Crippen molar-refractivity contribution in [3.8, 4) is 17.1 Å². The van der Waals surface area contributed by atoms with Crippen molar-refractivity contribution in [2.45, 2.75) is 20.8 Å². The lowest BCUT2D eigenvalue weighted by Gasteiger charge is -2.14. The predicted molar refractivity (Wildman–Crippen MR) is 95.3 cm³/mol. The van der Waals surface area contributed by atoms with E-state index in [2.05, 4.69) is 70.0 Å². The number of hydrogen-bond donors (Lipinski definition) is 0. The largest absolute Gasteiger partial charge is 0.334 e. The summed E-state index contributed by atoms with van der Waals surface area (Å²) in [5.41, 5.74) is 6.65. The molecule has 4 rings (SSSR count). The Balaban J connectivity index is 1.96. The second-order valence-corrected chi connectivity index (χ2v) is 6.21. The molecule has 0 atom stereocenters. The van der Waals surface area contributed by atoms with Crippen molar-refractivity contribution in [3.63, 3.8) is 0 Å². The summed E-state index contributed by atoms with van der Waals surface area (Å²) in [7, 11) is 2.00. The SMILES string of the molecule is Cc1cccc(C)c1-n1c(C)nnc1-c1ccc2c(c1)ncn2C. The number of aryl methyl sites for hydroxylation is 4. The van der Waals surface area contributed by atoms with Crippen LogP contribution < -0.4 is 0 Å². The first-order valence-corrected chi connectivity index (χ1v) is 7.96. The maximum Gasteiger partial charge on any atom is 0.168 e. The van der Waals surface area contributed by atoms with Gasteiger partial charge in [-0.15, -0.1) is 10.2 Å². The molecule has 120 valence electrons. The number of para-hydroxylation sites is 1. The highest BCUT2D eigenvalue weighted by atomic mass is 15.3. The topological polar surface area (TPSA) is 48.5 Å². The minimum atomic E-state index is 0.845. The lowest BCUT2D eigenvalue weighted by Crippen LogP contribution is -2.04. The molecule has 2 aromatic carbocycles. The van der Waals surface area contributed by atoms with Crippen molar-refractivity contribution in [2.75, 3.05) is 0 Å². The highest BCUT2D eigenvalue weighted by Gasteiger charge is 2.16. The standard InChI is InChI=1S/C19H19N5/c1-12-6-5-7-13(2)18(12)24-14(3)21-22-19(24)15-8-9-17-16(10-15)20-11-23(17)4/h5-11H,1-4H3. The van der Waals surface area contributed by atoms with Gasteiger partial charge in [0.25, 0.3) is 0 Å². The van der Waals surface area contributed by atoms with Gasteiger partial charge >= 0.3 is 0 Å². The summed E-state index contributed by atoms with van der Waals surface area (Å²) >= 11 is 0. The fourth-order valence-corrected chi connectivity index (χ4v) is 3.25. The van der Waals surface area contributed by atoms with Crippen molar-refractivity contribution in [3.05, 3.63) is 59.7 Å². The molecule has 2 aromatic heterocycles. The molecule has 0 radical (unpaired) electrons. The van der Waals surface area contributed by atoms with Gasteiger partial charge in [-0.25, -0.2) is 4.98 Å². The summed E-state index contributed by atoms with van der Waals surface area (Å²) in [4.78, 5) is 4.45. The number of imidazole rings is 1. The lowest BCUT2D eigenvalue weighted by atomic mass is 10.1. The van der Waals surface area contributed by atoms with E-state index >= 15 is 0 Å². The molecule has 0 N–H and O–H groups in total. The van der Waals surface area contributed by atoms with E-state index in [0.717, 1.165) is 33.9 Å². The Hall–Kier alpha value is -2.95. The normalized spacial score (nSPS) is 11.3. The van der Waals surface area contributed by atoms with Gasteiger partial charge in [0.2, 0.25) is 0 Å². The van der Waals surface area contributed by atoms with Gasteiger partial charge < -0.3 is 4.57 Å². The number of benzene rings is 2. The molecular weight excluding hydrogens is 298 g/mol. The van der Waals surface area contributed by atoms with Crippen molar-refractivity contribution in [1.82, 2.24) is 24.3 Å². The monoisotopic (exact) mass is 317 g/mol. The highest BCUT2D eigenvalue weighted by Crippen LogP contribution is 2.28. The van der Waals surface area contributed by atoms with E-state index in [1.54, 1.807) is 0 Å². The van der Waals surface area contributed by atoms with Crippen LogP contribution in [0.3, 0.4) is 0 Å². The van der Waals surface area contributed by atoms with Crippen LogP contribution in [-0.4, -0.2) is 24.3 Å². The van der Waals surface area contributed by atoms with Gasteiger partial charge in [-0.05, 0) is 50.1 Å². The molecule has 0 saturated heterocycles. The van der Waals surface area contributed by atoms with E-state index in [1.807, 2.05) is 24.9 Å². The predicted octanol–water partition coefficient (Wildman–Crippen LogP) is 3.75. The molecule has 5 heteroatoms. The van der Waals surface area contributed by atoms with Gasteiger partial charge in [-0.3, -0.25) is 4.57 Å². The number of rotatable bonds is 2.